The summed E-state index contributed by atoms with van der Waals surface area (Å²) in [5.41, 5.74) is 0.260. The number of carbonyl (C=O) groups excluding carboxylic acids is 1. The molecule has 1 amide bonds. The molecule has 28 heavy (non-hydrogen) atoms. The van der Waals surface area contributed by atoms with Crippen LogP contribution in [0.1, 0.15) is 24.6 Å². The molecular weight excluding hydrogens is 370 g/mol. The predicted octanol–water partition coefficient (Wildman–Crippen LogP) is 3.81. The van der Waals surface area contributed by atoms with Crippen LogP contribution in [0.4, 0.5) is 0 Å². The maximum Gasteiger partial charge on any atom is 0.273 e. The minimum atomic E-state index is -0.202. The average molecular weight is 398 g/mol. The molecule has 5 nitrogen and oxygen atoms in total. The molecule has 1 aliphatic carbocycles. The zero-order chi connectivity index (χ0) is 19.5. The van der Waals surface area contributed by atoms with Crippen molar-refractivity contribution in [1.82, 2.24) is 10.2 Å². The molecule has 6 heteroatoms. The van der Waals surface area contributed by atoms with Crippen LogP contribution in [-0.2, 0) is 16.2 Å². The summed E-state index contributed by atoms with van der Waals surface area (Å²) in [7, 11) is 0. The number of hydrogen-bond donors (Lipinski definition) is 1. The number of thiophene rings is 1. The normalized spacial score (nSPS) is 23.1. The molecule has 2 aliphatic rings. The molecule has 0 bridgehead atoms. The van der Waals surface area contributed by atoms with Crippen LogP contribution in [0.2, 0.25) is 0 Å². The van der Waals surface area contributed by atoms with E-state index in [4.69, 9.17) is 4.84 Å². The van der Waals surface area contributed by atoms with Crippen molar-refractivity contribution in [2.24, 2.45) is 17.0 Å². The molecule has 0 radical (unpaired) electrons. The largest absolute Gasteiger partial charge is 0.395 e. The Kier molecular flexibility index (Phi) is 5.78. The summed E-state index contributed by atoms with van der Waals surface area (Å²) in [5, 5.41) is 8.39. The number of nitrogens with one attached hydrogen (secondary N) is 1. The Labute approximate surface area is 170 Å². The molecule has 2 heterocycles. The van der Waals surface area contributed by atoms with E-state index in [9.17, 15) is 4.79 Å². The van der Waals surface area contributed by atoms with Gasteiger partial charge in [0, 0.05) is 35.3 Å². The van der Waals surface area contributed by atoms with Gasteiger partial charge in [-0.3, -0.25) is 9.69 Å². The van der Waals surface area contributed by atoms with Crippen LogP contribution in [0.15, 0.2) is 48.1 Å². The maximum atomic E-state index is 12.5. The van der Waals surface area contributed by atoms with E-state index < -0.39 is 0 Å². The van der Waals surface area contributed by atoms with Crippen LogP contribution >= 0.6 is 11.3 Å². The van der Waals surface area contributed by atoms with Crippen molar-refractivity contribution in [3.05, 3.63) is 47.9 Å². The van der Waals surface area contributed by atoms with E-state index in [1.807, 2.05) is 11.3 Å². The molecule has 1 N–H and O–H groups in total. The van der Waals surface area contributed by atoms with Gasteiger partial charge in [-0.15, -0.1) is 11.3 Å². The number of carbonyl (C=O) groups is 1. The van der Waals surface area contributed by atoms with Crippen molar-refractivity contribution in [2.45, 2.75) is 32.4 Å². The van der Waals surface area contributed by atoms with Crippen LogP contribution in [0.5, 0.6) is 0 Å². The fraction of sp³-hybridized carbons (Fsp3) is 0.455. The Morgan fingerprint density at radius 3 is 2.96 bits per heavy atom. The molecule has 1 saturated heterocycles. The molecule has 2 unspecified atom stereocenters. The molecular formula is C22H27N3O2S. The second-order valence-electron chi connectivity index (χ2n) is 7.92. The highest BCUT2D eigenvalue weighted by atomic mass is 32.1. The molecule has 2 aromatic rings. The number of nitrogens with zero attached hydrogens (tertiary/aromatic N) is 2. The van der Waals surface area contributed by atoms with Gasteiger partial charge in [-0.05, 0) is 48.3 Å². The van der Waals surface area contributed by atoms with Gasteiger partial charge in [0.1, 0.15) is 6.61 Å². The minimum Gasteiger partial charge on any atom is -0.395 e. The van der Waals surface area contributed by atoms with Gasteiger partial charge in [-0.1, -0.05) is 36.9 Å². The second-order valence-corrected chi connectivity index (χ2v) is 9.09. The van der Waals surface area contributed by atoms with E-state index in [1.54, 1.807) is 0 Å². The molecule has 2 fully saturated rings. The van der Waals surface area contributed by atoms with Gasteiger partial charge >= 0.3 is 0 Å². The van der Waals surface area contributed by atoms with Crippen molar-refractivity contribution < 1.29 is 9.63 Å². The summed E-state index contributed by atoms with van der Waals surface area (Å²) >= 11 is 1.85. The molecule has 2 atom stereocenters. The van der Waals surface area contributed by atoms with Crippen LogP contribution in [0.25, 0.3) is 10.1 Å². The first kappa shape index (κ1) is 19.2. The number of benzene rings is 1. The molecule has 4 rings (SSSR count). The van der Waals surface area contributed by atoms with Crippen LogP contribution in [-0.4, -0.2) is 42.3 Å². The zero-order valence-corrected chi connectivity index (χ0v) is 17.1. The maximum absolute atomic E-state index is 12.5. The third-order valence-corrected chi connectivity index (χ3v) is 6.56. The molecule has 0 spiro atoms. The molecule has 1 aromatic carbocycles. The molecule has 148 valence electrons. The van der Waals surface area contributed by atoms with Gasteiger partial charge in [0.25, 0.3) is 5.91 Å². The highest BCUT2D eigenvalue weighted by Crippen LogP contribution is 2.29. The summed E-state index contributed by atoms with van der Waals surface area (Å²) < 4.78 is 1.33. The quantitative estimate of drug-likeness (QED) is 0.544. The van der Waals surface area contributed by atoms with E-state index >= 15 is 0 Å². The third kappa shape index (κ3) is 4.62. The Hall–Kier alpha value is -2.18. The lowest BCUT2D eigenvalue weighted by Gasteiger charge is -2.17. The Morgan fingerprint density at radius 1 is 1.39 bits per heavy atom. The SMILES string of the molecule is C=C/C(=N\OCC1CC1)C(=O)NC1CN(Cc2cc3ccccc3s2)CC1C. The van der Waals surface area contributed by atoms with Crippen LogP contribution in [0, 0.1) is 11.8 Å². The number of oxime groups is 1. The van der Waals surface area contributed by atoms with E-state index in [1.165, 1.54) is 33.9 Å². The summed E-state index contributed by atoms with van der Waals surface area (Å²) in [4.78, 5) is 21.6. The smallest absolute Gasteiger partial charge is 0.273 e. The number of amides is 1. The first-order valence-corrected chi connectivity index (χ1v) is 10.8. The van der Waals surface area contributed by atoms with Gasteiger partial charge in [0.05, 0.1) is 0 Å². The number of rotatable bonds is 8. The standard InChI is InChI=1S/C22H27N3O2S/c1-3-19(24-27-14-16-8-9-16)22(26)23-20-13-25(11-15(20)2)12-18-10-17-6-4-5-7-21(17)28-18/h3-7,10,15-16,20H,1,8-9,11-14H2,2H3,(H,23,26)/b24-19+. The summed E-state index contributed by atoms with van der Waals surface area (Å²) in [6.45, 7) is 9.21. The van der Waals surface area contributed by atoms with Crippen LogP contribution in [0.3, 0.4) is 0 Å². The summed E-state index contributed by atoms with van der Waals surface area (Å²) in [6, 6.07) is 10.9. The molecule has 1 saturated carbocycles. The van der Waals surface area contributed by atoms with E-state index in [2.05, 4.69) is 59.2 Å². The second kappa shape index (κ2) is 8.45. The number of fused-ring (bicyclic) bond motifs is 1. The Balaban J connectivity index is 1.32. The van der Waals surface area contributed by atoms with Gasteiger partial charge in [-0.2, -0.15) is 0 Å². The van der Waals surface area contributed by atoms with Gasteiger partial charge in [0.2, 0.25) is 0 Å². The fourth-order valence-electron chi connectivity index (χ4n) is 3.63. The first-order valence-electron chi connectivity index (χ1n) is 9.95. The lowest BCUT2D eigenvalue weighted by atomic mass is 10.1. The van der Waals surface area contributed by atoms with Crippen molar-refractivity contribution in [1.29, 1.82) is 0 Å². The van der Waals surface area contributed by atoms with E-state index in [0.29, 0.717) is 18.4 Å². The molecule has 1 aliphatic heterocycles. The minimum absolute atomic E-state index is 0.107. The third-order valence-electron chi connectivity index (χ3n) is 5.46. The molecule has 1 aromatic heterocycles. The highest BCUT2D eigenvalue weighted by molar-refractivity contribution is 7.19. The van der Waals surface area contributed by atoms with Crippen molar-refractivity contribution in [3.8, 4) is 0 Å². The Bertz CT molecular complexity index is 854. The van der Waals surface area contributed by atoms with Crippen LogP contribution < -0.4 is 5.32 Å². The Morgan fingerprint density at radius 2 is 2.21 bits per heavy atom. The highest BCUT2D eigenvalue weighted by Gasteiger charge is 2.31. The van der Waals surface area contributed by atoms with Gasteiger partial charge < -0.3 is 10.2 Å². The number of likely N-dealkylation sites (tertiary alicyclic amines) is 1. The van der Waals surface area contributed by atoms with Gasteiger partial charge in [-0.25, -0.2) is 0 Å². The zero-order valence-electron chi connectivity index (χ0n) is 16.3. The lowest BCUT2D eigenvalue weighted by Crippen LogP contribution is -2.42. The monoisotopic (exact) mass is 397 g/mol. The van der Waals surface area contributed by atoms with E-state index in [-0.39, 0.29) is 17.7 Å². The first-order chi connectivity index (χ1) is 13.6. The van der Waals surface area contributed by atoms with Gasteiger partial charge in [0.15, 0.2) is 5.71 Å². The summed E-state index contributed by atoms with van der Waals surface area (Å²) in [5.74, 6) is 0.790. The lowest BCUT2D eigenvalue weighted by molar-refractivity contribution is -0.115. The number of hydrogen-bond acceptors (Lipinski definition) is 5. The van der Waals surface area contributed by atoms with Crippen molar-refractivity contribution in [3.63, 3.8) is 0 Å². The summed E-state index contributed by atoms with van der Waals surface area (Å²) in [6.07, 6.45) is 3.86. The predicted molar refractivity (Wildman–Crippen MR) is 115 cm³/mol. The van der Waals surface area contributed by atoms with E-state index in [0.717, 1.165) is 19.6 Å². The van der Waals surface area contributed by atoms with Crippen molar-refractivity contribution in [2.75, 3.05) is 19.7 Å². The topological polar surface area (TPSA) is 53.9 Å². The van der Waals surface area contributed by atoms with Crippen molar-refractivity contribution >= 4 is 33.0 Å². The fourth-order valence-corrected chi connectivity index (χ4v) is 4.74. The average Bonchev–Trinajstić information content (AvgIpc) is 3.32.